The van der Waals surface area contributed by atoms with Crippen LogP contribution in [0.1, 0.15) is 26.5 Å². The molecule has 0 unspecified atom stereocenters. The van der Waals surface area contributed by atoms with Crippen LogP contribution in [0.5, 0.6) is 0 Å². The van der Waals surface area contributed by atoms with Gasteiger partial charge < -0.3 is 9.30 Å². The minimum absolute atomic E-state index is 0.210. The topological polar surface area (TPSA) is 48.3 Å². The average Bonchev–Trinajstić information content (AvgIpc) is 3.10. The standard InChI is InChI=1S/C21H15ClFNO3/c1-27-21(26)19-12-10-18(24(19)17-8-6-16(23)7-9-17)11-13-20(25)14-2-4-15(22)5-3-14/h2-13H,1H3. The summed E-state index contributed by atoms with van der Waals surface area (Å²) in [6.07, 6.45) is 2.99. The number of methoxy groups -OCH3 is 1. The van der Waals surface area contributed by atoms with Crippen molar-refractivity contribution in [1.29, 1.82) is 0 Å². The van der Waals surface area contributed by atoms with Gasteiger partial charge in [0.05, 0.1) is 7.11 Å². The van der Waals surface area contributed by atoms with E-state index >= 15 is 0 Å². The molecule has 0 N–H and O–H groups in total. The van der Waals surface area contributed by atoms with E-state index in [-0.39, 0.29) is 17.3 Å². The van der Waals surface area contributed by atoms with Crippen LogP contribution in [0.15, 0.2) is 66.7 Å². The molecule has 0 saturated carbocycles. The largest absolute Gasteiger partial charge is 0.464 e. The smallest absolute Gasteiger partial charge is 0.355 e. The van der Waals surface area contributed by atoms with Crippen molar-refractivity contribution in [3.63, 3.8) is 0 Å². The molecule has 0 atom stereocenters. The van der Waals surface area contributed by atoms with Gasteiger partial charge in [0.2, 0.25) is 0 Å². The molecule has 0 bridgehead atoms. The Morgan fingerprint density at radius 1 is 1.00 bits per heavy atom. The van der Waals surface area contributed by atoms with E-state index in [1.165, 1.54) is 25.3 Å². The Balaban J connectivity index is 1.98. The maximum Gasteiger partial charge on any atom is 0.355 e. The second-order valence-corrected chi connectivity index (χ2v) is 6.09. The van der Waals surface area contributed by atoms with Crippen molar-refractivity contribution in [2.75, 3.05) is 7.11 Å². The second-order valence-electron chi connectivity index (χ2n) is 5.65. The van der Waals surface area contributed by atoms with Gasteiger partial charge in [-0.05, 0) is 72.8 Å². The lowest BCUT2D eigenvalue weighted by molar-refractivity contribution is 0.0591. The number of hydrogen-bond acceptors (Lipinski definition) is 3. The number of carbonyl (C=O) groups excluding carboxylic acids is 2. The highest BCUT2D eigenvalue weighted by molar-refractivity contribution is 6.30. The Morgan fingerprint density at radius 2 is 1.67 bits per heavy atom. The third-order valence-corrected chi connectivity index (χ3v) is 4.18. The lowest BCUT2D eigenvalue weighted by Gasteiger charge is -2.10. The summed E-state index contributed by atoms with van der Waals surface area (Å²) in [5.41, 5.74) is 1.90. The van der Waals surface area contributed by atoms with Gasteiger partial charge in [0.1, 0.15) is 11.5 Å². The first kappa shape index (κ1) is 18.6. The van der Waals surface area contributed by atoms with Crippen LogP contribution in [0.25, 0.3) is 11.8 Å². The van der Waals surface area contributed by atoms with Gasteiger partial charge in [-0.15, -0.1) is 0 Å². The minimum Gasteiger partial charge on any atom is -0.464 e. The van der Waals surface area contributed by atoms with Gasteiger partial charge in [0, 0.05) is 22.0 Å². The molecule has 0 amide bonds. The summed E-state index contributed by atoms with van der Waals surface area (Å²) < 4.78 is 19.7. The van der Waals surface area contributed by atoms with Crippen LogP contribution < -0.4 is 0 Å². The van der Waals surface area contributed by atoms with Crippen molar-refractivity contribution in [2.24, 2.45) is 0 Å². The highest BCUT2D eigenvalue weighted by atomic mass is 35.5. The number of aromatic nitrogens is 1. The lowest BCUT2D eigenvalue weighted by atomic mass is 10.1. The molecule has 0 aliphatic carbocycles. The normalized spacial score (nSPS) is 10.9. The monoisotopic (exact) mass is 383 g/mol. The second kappa shape index (κ2) is 8.01. The molecule has 0 spiro atoms. The molecule has 4 nitrogen and oxygen atoms in total. The van der Waals surface area contributed by atoms with E-state index in [1.54, 1.807) is 59.2 Å². The van der Waals surface area contributed by atoms with Crippen molar-refractivity contribution in [3.8, 4) is 5.69 Å². The van der Waals surface area contributed by atoms with Crippen LogP contribution in [0.3, 0.4) is 0 Å². The van der Waals surface area contributed by atoms with Crippen LogP contribution >= 0.6 is 11.6 Å². The molecular formula is C21H15ClFNO3. The number of rotatable bonds is 5. The molecule has 2 aromatic carbocycles. The molecule has 136 valence electrons. The zero-order valence-corrected chi connectivity index (χ0v) is 15.1. The quantitative estimate of drug-likeness (QED) is 0.355. The van der Waals surface area contributed by atoms with E-state index in [4.69, 9.17) is 16.3 Å². The van der Waals surface area contributed by atoms with Crippen LogP contribution in [0, 0.1) is 5.82 Å². The summed E-state index contributed by atoms with van der Waals surface area (Å²) in [6.45, 7) is 0. The van der Waals surface area contributed by atoms with E-state index in [0.717, 1.165) is 0 Å². The van der Waals surface area contributed by atoms with Crippen molar-refractivity contribution in [2.45, 2.75) is 0 Å². The number of nitrogens with zero attached hydrogens (tertiary/aromatic N) is 1. The Kier molecular flexibility index (Phi) is 5.52. The van der Waals surface area contributed by atoms with Crippen molar-refractivity contribution in [3.05, 3.63) is 94.5 Å². The van der Waals surface area contributed by atoms with Gasteiger partial charge >= 0.3 is 5.97 Å². The fourth-order valence-corrected chi connectivity index (χ4v) is 2.72. The molecule has 1 aromatic heterocycles. The number of halogens is 2. The van der Waals surface area contributed by atoms with Crippen molar-refractivity contribution in [1.82, 2.24) is 4.57 Å². The number of esters is 1. The number of hydrogen-bond donors (Lipinski definition) is 0. The van der Waals surface area contributed by atoms with Crippen LogP contribution in [0.2, 0.25) is 5.02 Å². The molecule has 6 heteroatoms. The van der Waals surface area contributed by atoms with E-state index in [1.807, 2.05) is 0 Å². The summed E-state index contributed by atoms with van der Waals surface area (Å²) >= 11 is 5.83. The zero-order valence-electron chi connectivity index (χ0n) is 14.4. The highest BCUT2D eigenvalue weighted by Gasteiger charge is 2.16. The Morgan fingerprint density at radius 3 is 2.30 bits per heavy atom. The van der Waals surface area contributed by atoms with Crippen LogP contribution in [-0.2, 0) is 4.74 Å². The summed E-state index contributed by atoms with van der Waals surface area (Å²) in [4.78, 5) is 24.4. The van der Waals surface area contributed by atoms with Gasteiger partial charge in [0.25, 0.3) is 0 Å². The minimum atomic E-state index is -0.539. The van der Waals surface area contributed by atoms with E-state index in [9.17, 15) is 14.0 Å². The number of ether oxygens (including phenoxy) is 1. The lowest BCUT2D eigenvalue weighted by Crippen LogP contribution is -2.10. The first-order valence-corrected chi connectivity index (χ1v) is 8.41. The fourth-order valence-electron chi connectivity index (χ4n) is 2.60. The molecule has 3 aromatic rings. The van der Waals surface area contributed by atoms with E-state index in [2.05, 4.69) is 0 Å². The SMILES string of the molecule is COC(=O)c1ccc(C=CC(=O)c2ccc(Cl)cc2)n1-c1ccc(F)cc1. The van der Waals surface area contributed by atoms with Gasteiger partial charge in [-0.3, -0.25) is 4.79 Å². The van der Waals surface area contributed by atoms with Gasteiger partial charge in [-0.2, -0.15) is 0 Å². The molecule has 0 aliphatic rings. The Bertz CT molecular complexity index is 1000. The third kappa shape index (κ3) is 4.15. The molecular weight excluding hydrogens is 369 g/mol. The Hall–Kier alpha value is -3.18. The molecule has 0 fully saturated rings. The van der Waals surface area contributed by atoms with Crippen molar-refractivity contribution >= 4 is 29.4 Å². The highest BCUT2D eigenvalue weighted by Crippen LogP contribution is 2.20. The predicted octanol–water partition coefficient (Wildman–Crippen LogP) is 4.95. The fraction of sp³-hybridized carbons (Fsp3) is 0.0476. The van der Waals surface area contributed by atoms with Crippen LogP contribution in [-0.4, -0.2) is 23.4 Å². The number of carbonyl (C=O) groups is 2. The summed E-state index contributed by atoms with van der Waals surface area (Å²) in [6, 6.07) is 15.5. The number of allylic oxidation sites excluding steroid dienone is 1. The zero-order chi connectivity index (χ0) is 19.4. The first-order chi connectivity index (χ1) is 13.0. The number of ketones is 1. The molecule has 3 rings (SSSR count). The maximum atomic E-state index is 13.3. The molecule has 27 heavy (non-hydrogen) atoms. The maximum absolute atomic E-state index is 13.3. The molecule has 0 aliphatic heterocycles. The van der Waals surface area contributed by atoms with E-state index in [0.29, 0.717) is 22.0 Å². The first-order valence-electron chi connectivity index (χ1n) is 8.03. The van der Waals surface area contributed by atoms with Crippen LogP contribution in [0.4, 0.5) is 4.39 Å². The number of benzene rings is 2. The summed E-state index contributed by atoms with van der Waals surface area (Å²) in [7, 11) is 1.28. The van der Waals surface area contributed by atoms with Gasteiger partial charge in [0.15, 0.2) is 5.78 Å². The Labute approximate surface area is 160 Å². The van der Waals surface area contributed by atoms with E-state index < -0.39 is 5.97 Å². The van der Waals surface area contributed by atoms with Gasteiger partial charge in [-0.25, -0.2) is 9.18 Å². The summed E-state index contributed by atoms with van der Waals surface area (Å²) in [5, 5.41) is 0.545. The molecule has 0 radical (unpaired) electrons. The third-order valence-electron chi connectivity index (χ3n) is 3.92. The van der Waals surface area contributed by atoms with Gasteiger partial charge in [-0.1, -0.05) is 11.6 Å². The van der Waals surface area contributed by atoms with Crippen molar-refractivity contribution < 1.29 is 18.7 Å². The molecule has 0 saturated heterocycles. The average molecular weight is 384 g/mol. The predicted molar refractivity (Wildman–Crippen MR) is 102 cm³/mol. The summed E-state index contributed by atoms with van der Waals surface area (Å²) in [5.74, 6) is -1.14. The molecule has 1 heterocycles.